The van der Waals surface area contributed by atoms with Crippen LogP contribution in [0.4, 0.5) is 0 Å². The summed E-state index contributed by atoms with van der Waals surface area (Å²) in [6.07, 6.45) is 5.46. The van der Waals surface area contributed by atoms with Crippen LogP contribution in [0.3, 0.4) is 0 Å². The van der Waals surface area contributed by atoms with Gasteiger partial charge in [0.05, 0.1) is 25.7 Å². The first-order valence-electron chi connectivity index (χ1n) is 11.7. The first-order valence-corrected chi connectivity index (χ1v) is 13.2. The van der Waals surface area contributed by atoms with E-state index in [4.69, 9.17) is 14.2 Å². The summed E-state index contributed by atoms with van der Waals surface area (Å²) in [5.74, 6) is 2.02. The van der Waals surface area contributed by atoms with Gasteiger partial charge in [-0.05, 0) is 74.9 Å². The molecule has 2 aromatic carbocycles. The molecule has 0 bridgehead atoms. The first kappa shape index (κ1) is 24.5. The third-order valence-electron chi connectivity index (χ3n) is 6.32. The van der Waals surface area contributed by atoms with Gasteiger partial charge in [-0.1, -0.05) is 0 Å². The zero-order valence-corrected chi connectivity index (χ0v) is 20.5. The van der Waals surface area contributed by atoms with Crippen molar-refractivity contribution in [3.63, 3.8) is 0 Å². The molecule has 0 unspecified atom stereocenters. The molecule has 1 aliphatic carbocycles. The van der Waals surface area contributed by atoms with E-state index < -0.39 is 10.0 Å². The Kier molecular flexibility index (Phi) is 7.75. The van der Waals surface area contributed by atoms with Crippen molar-refractivity contribution >= 4 is 15.8 Å². The number of Topliss-reactive ketones (excluding diaryl/α,β-unsaturated/α-hetero) is 1. The average molecular weight is 489 g/mol. The Balaban J connectivity index is 1.27. The number of methoxy groups -OCH3 is 2. The van der Waals surface area contributed by atoms with Crippen LogP contribution in [0.2, 0.25) is 0 Å². The summed E-state index contributed by atoms with van der Waals surface area (Å²) in [6, 6.07) is 12.0. The lowest BCUT2D eigenvalue weighted by atomic mass is 10.1. The van der Waals surface area contributed by atoms with E-state index in [0.29, 0.717) is 24.7 Å². The van der Waals surface area contributed by atoms with Gasteiger partial charge in [0, 0.05) is 30.1 Å². The molecule has 0 spiro atoms. The van der Waals surface area contributed by atoms with Crippen molar-refractivity contribution in [1.82, 2.24) is 9.84 Å². The Morgan fingerprint density at radius 2 is 1.76 bits per heavy atom. The van der Waals surface area contributed by atoms with E-state index in [1.54, 1.807) is 6.07 Å². The smallest absolute Gasteiger partial charge is 0.253 e. The van der Waals surface area contributed by atoms with Crippen molar-refractivity contribution in [2.45, 2.75) is 49.5 Å². The van der Waals surface area contributed by atoms with Crippen molar-refractivity contribution in [3.05, 3.63) is 48.0 Å². The predicted octanol–water partition coefficient (Wildman–Crippen LogP) is 3.81. The third-order valence-corrected chi connectivity index (χ3v) is 7.67. The molecule has 4 rings (SSSR count). The van der Waals surface area contributed by atoms with Crippen LogP contribution in [0.5, 0.6) is 17.2 Å². The van der Waals surface area contributed by atoms with Crippen LogP contribution < -0.4 is 19.0 Å². The molecule has 2 aliphatic rings. The van der Waals surface area contributed by atoms with Gasteiger partial charge in [0.25, 0.3) is 10.0 Å². The van der Waals surface area contributed by atoms with Gasteiger partial charge in [0.1, 0.15) is 5.75 Å². The van der Waals surface area contributed by atoms with Crippen molar-refractivity contribution in [2.75, 3.05) is 27.4 Å². The largest absolute Gasteiger partial charge is 0.494 e. The van der Waals surface area contributed by atoms with Crippen LogP contribution in [0.15, 0.2) is 47.4 Å². The van der Waals surface area contributed by atoms with Crippen LogP contribution in [0.1, 0.15) is 48.9 Å². The maximum Gasteiger partial charge on any atom is 0.253 e. The van der Waals surface area contributed by atoms with E-state index in [0.717, 1.165) is 49.8 Å². The summed E-state index contributed by atoms with van der Waals surface area (Å²) in [6.45, 7) is 1.19. The summed E-state index contributed by atoms with van der Waals surface area (Å²) in [5, 5.41) is 1.81. The number of hydrazine groups is 1. The fraction of sp³-hybridized carbons (Fsp3) is 0.480. The molecule has 1 N–H and O–H groups in total. The Labute approximate surface area is 201 Å². The summed E-state index contributed by atoms with van der Waals surface area (Å²) < 4.78 is 42.1. The summed E-state index contributed by atoms with van der Waals surface area (Å²) in [7, 11) is -0.757. The number of benzene rings is 2. The van der Waals surface area contributed by atoms with E-state index >= 15 is 0 Å². The van der Waals surface area contributed by atoms with Gasteiger partial charge in [0.2, 0.25) is 0 Å². The second kappa shape index (κ2) is 10.8. The highest BCUT2D eigenvalue weighted by atomic mass is 32.2. The highest BCUT2D eigenvalue weighted by Crippen LogP contribution is 2.33. The minimum Gasteiger partial charge on any atom is -0.494 e. The second-order valence-corrected chi connectivity index (χ2v) is 10.4. The number of nitrogens with one attached hydrogen (secondary N) is 1. The van der Waals surface area contributed by atoms with Crippen molar-refractivity contribution in [3.8, 4) is 17.2 Å². The molecule has 2 fully saturated rings. The molecule has 1 aliphatic heterocycles. The van der Waals surface area contributed by atoms with Crippen molar-refractivity contribution in [1.29, 1.82) is 0 Å². The maximum atomic E-state index is 12.9. The van der Waals surface area contributed by atoms with Gasteiger partial charge in [-0.2, -0.15) is 0 Å². The van der Waals surface area contributed by atoms with E-state index in [1.807, 2.05) is 29.3 Å². The SMILES string of the molecule is COc1ccc(S(=O)(=O)NN2CCC[C@@H]2CCCOc2ccc(C(=O)C3CC3)cc2)cc1OC. The molecule has 0 amide bonds. The monoisotopic (exact) mass is 488 g/mol. The maximum absolute atomic E-state index is 12.9. The molecule has 1 atom stereocenters. The van der Waals surface area contributed by atoms with Gasteiger partial charge in [-0.15, -0.1) is 4.83 Å². The summed E-state index contributed by atoms with van der Waals surface area (Å²) in [5.41, 5.74) is 0.748. The molecule has 1 heterocycles. The minimum absolute atomic E-state index is 0.108. The Hall–Kier alpha value is -2.62. The Morgan fingerprint density at radius 3 is 2.44 bits per heavy atom. The number of sulfonamides is 1. The number of ether oxygens (including phenoxy) is 3. The van der Waals surface area contributed by atoms with E-state index in [1.165, 1.54) is 26.4 Å². The molecule has 9 heteroatoms. The lowest BCUT2D eigenvalue weighted by molar-refractivity contribution is 0.0967. The van der Waals surface area contributed by atoms with Crippen LogP contribution in [0.25, 0.3) is 0 Å². The molecule has 8 nitrogen and oxygen atoms in total. The first-order chi connectivity index (χ1) is 16.4. The molecule has 0 radical (unpaired) electrons. The molecule has 1 saturated heterocycles. The summed E-state index contributed by atoms with van der Waals surface area (Å²) >= 11 is 0. The second-order valence-electron chi connectivity index (χ2n) is 8.75. The van der Waals surface area contributed by atoms with E-state index in [9.17, 15) is 13.2 Å². The van der Waals surface area contributed by atoms with Crippen LogP contribution in [-0.2, 0) is 10.0 Å². The summed E-state index contributed by atoms with van der Waals surface area (Å²) in [4.78, 5) is 15.0. The highest BCUT2D eigenvalue weighted by molar-refractivity contribution is 7.89. The molecular formula is C25H32N2O6S. The van der Waals surface area contributed by atoms with Gasteiger partial charge >= 0.3 is 0 Å². The topological polar surface area (TPSA) is 94.2 Å². The van der Waals surface area contributed by atoms with Gasteiger partial charge in [-0.3, -0.25) is 4.79 Å². The average Bonchev–Trinajstić information content (AvgIpc) is 3.62. The number of carbonyl (C=O) groups is 1. The minimum atomic E-state index is -3.74. The fourth-order valence-electron chi connectivity index (χ4n) is 4.25. The van der Waals surface area contributed by atoms with Gasteiger partial charge in [0.15, 0.2) is 17.3 Å². The van der Waals surface area contributed by atoms with Crippen molar-refractivity contribution < 1.29 is 27.4 Å². The zero-order chi connectivity index (χ0) is 24.1. The number of hydrogen-bond acceptors (Lipinski definition) is 7. The standard InChI is InChI=1S/C25H32N2O6S/c1-31-23-14-13-22(17-24(23)32-2)34(29,30)26-27-15-3-5-20(27)6-4-16-33-21-11-9-19(10-12-21)25(28)18-7-8-18/h9-14,17-18,20,26H,3-8,15-16H2,1-2H3/t20-/m1/s1. The molecule has 34 heavy (non-hydrogen) atoms. The number of rotatable bonds is 12. The van der Waals surface area contributed by atoms with Crippen LogP contribution in [0, 0.1) is 5.92 Å². The quantitative estimate of drug-likeness (QED) is 0.359. The highest BCUT2D eigenvalue weighted by Gasteiger charge is 2.30. The van der Waals surface area contributed by atoms with E-state index in [2.05, 4.69) is 4.83 Å². The molecular weight excluding hydrogens is 456 g/mol. The lowest BCUT2D eigenvalue weighted by Gasteiger charge is -2.25. The van der Waals surface area contributed by atoms with Gasteiger partial charge in [-0.25, -0.2) is 13.4 Å². The fourth-order valence-corrected chi connectivity index (χ4v) is 5.42. The van der Waals surface area contributed by atoms with Crippen LogP contribution in [-0.4, -0.2) is 52.6 Å². The predicted molar refractivity (Wildman–Crippen MR) is 128 cm³/mol. The van der Waals surface area contributed by atoms with Gasteiger partial charge < -0.3 is 14.2 Å². The Morgan fingerprint density at radius 1 is 1.03 bits per heavy atom. The number of nitrogens with zero attached hydrogens (tertiary/aromatic N) is 1. The Bertz CT molecular complexity index is 1100. The number of hydrogen-bond donors (Lipinski definition) is 1. The molecule has 2 aromatic rings. The number of ketones is 1. The third kappa shape index (κ3) is 5.89. The zero-order valence-electron chi connectivity index (χ0n) is 19.7. The normalized spacial score (nSPS) is 18.6. The molecule has 184 valence electrons. The van der Waals surface area contributed by atoms with Crippen molar-refractivity contribution in [2.24, 2.45) is 5.92 Å². The molecule has 1 saturated carbocycles. The molecule has 0 aromatic heterocycles. The van der Waals surface area contributed by atoms with E-state index in [-0.39, 0.29) is 22.6 Å². The lowest BCUT2D eigenvalue weighted by Crippen LogP contribution is -2.45. The van der Waals surface area contributed by atoms with Crippen LogP contribution >= 0.6 is 0 Å². The number of carbonyl (C=O) groups excluding carboxylic acids is 1.